The first-order chi connectivity index (χ1) is 11.7. The van der Waals surface area contributed by atoms with Crippen LogP contribution in [-0.4, -0.2) is 45.1 Å². The van der Waals surface area contributed by atoms with E-state index in [0.29, 0.717) is 29.5 Å². The fraction of sp³-hybridized carbons (Fsp3) is 0.611. The van der Waals surface area contributed by atoms with Crippen LogP contribution in [-0.2, 0) is 14.8 Å². The largest absolute Gasteiger partial charge is 0.342 e. The monoisotopic (exact) mass is 386 g/mol. The maximum atomic E-state index is 12.4. The topological polar surface area (TPSA) is 57.7 Å². The van der Waals surface area contributed by atoms with Crippen molar-refractivity contribution < 1.29 is 13.2 Å². The molecular weight excluding hydrogens is 360 g/mol. The van der Waals surface area contributed by atoms with Crippen molar-refractivity contribution in [3.63, 3.8) is 0 Å². The minimum atomic E-state index is -3.44. The molecule has 1 aromatic rings. The van der Waals surface area contributed by atoms with Gasteiger partial charge in [-0.1, -0.05) is 24.6 Å². The Morgan fingerprint density at radius 2 is 2.12 bits per heavy atom. The molecule has 1 atom stereocenters. The van der Waals surface area contributed by atoms with Crippen LogP contribution in [0.15, 0.2) is 18.2 Å². The van der Waals surface area contributed by atoms with Gasteiger partial charge in [0.1, 0.15) is 0 Å². The van der Waals surface area contributed by atoms with Crippen LogP contribution in [0.2, 0.25) is 5.02 Å². The van der Waals surface area contributed by atoms with Crippen molar-refractivity contribution in [2.24, 2.45) is 5.92 Å². The molecule has 1 amide bonds. The Balaban J connectivity index is 2.02. The fourth-order valence-electron chi connectivity index (χ4n) is 3.28. The molecule has 0 N–H and O–H groups in total. The molecule has 0 aliphatic carbocycles. The molecule has 1 fully saturated rings. The van der Waals surface area contributed by atoms with Crippen molar-refractivity contribution in [1.29, 1.82) is 0 Å². The number of likely N-dealkylation sites (tertiary alicyclic amines) is 1. The van der Waals surface area contributed by atoms with Gasteiger partial charge in [0.05, 0.1) is 11.9 Å². The van der Waals surface area contributed by atoms with Crippen LogP contribution >= 0.6 is 11.6 Å². The molecule has 5 nitrogen and oxygen atoms in total. The van der Waals surface area contributed by atoms with Gasteiger partial charge in [0, 0.05) is 31.1 Å². The number of nitrogens with zero attached hydrogens (tertiary/aromatic N) is 2. The summed E-state index contributed by atoms with van der Waals surface area (Å²) in [6.45, 7) is 5.85. The van der Waals surface area contributed by atoms with E-state index in [0.717, 1.165) is 25.1 Å². The molecule has 2 rings (SSSR count). The summed E-state index contributed by atoms with van der Waals surface area (Å²) < 4.78 is 25.8. The van der Waals surface area contributed by atoms with Crippen LogP contribution in [0.4, 0.5) is 5.69 Å². The summed E-state index contributed by atoms with van der Waals surface area (Å²) in [6, 6.07) is 5.22. The van der Waals surface area contributed by atoms with Crippen molar-refractivity contribution >= 4 is 33.2 Å². The average Bonchev–Trinajstić information content (AvgIpc) is 2.53. The normalized spacial score (nSPS) is 18.2. The van der Waals surface area contributed by atoms with Gasteiger partial charge in [-0.3, -0.25) is 9.10 Å². The third-order valence-electron chi connectivity index (χ3n) is 4.67. The SMILES string of the molecule is Cc1c(Cl)cccc1N(CCCC(=O)N1CCCC(C)C1)S(C)(=O)=O. The predicted molar refractivity (Wildman–Crippen MR) is 103 cm³/mol. The highest BCUT2D eigenvalue weighted by molar-refractivity contribution is 7.92. The summed E-state index contributed by atoms with van der Waals surface area (Å²) in [5.74, 6) is 0.655. The van der Waals surface area contributed by atoms with Crippen molar-refractivity contribution in [2.45, 2.75) is 39.5 Å². The van der Waals surface area contributed by atoms with Gasteiger partial charge in [-0.15, -0.1) is 0 Å². The number of carbonyl (C=O) groups excluding carboxylic acids is 1. The van der Waals surface area contributed by atoms with E-state index in [4.69, 9.17) is 11.6 Å². The predicted octanol–water partition coefficient (Wildman–Crippen LogP) is 3.45. The number of halogens is 1. The Morgan fingerprint density at radius 3 is 2.76 bits per heavy atom. The first kappa shape index (κ1) is 20.0. The van der Waals surface area contributed by atoms with Gasteiger partial charge < -0.3 is 4.90 Å². The highest BCUT2D eigenvalue weighted by Crippen LogP contribution is 2.28. The minimum absolute atomic E-state index is 0.114. The Labute approximate surface area is 156 Å². The second kappa shape index (κ2) is 8.41. The van der Waals surface area contributed by atoms with E-state index in [9.17, 15) is 13.2 Å². The number of anilines is 1. The first-order valence-corrected chi connectivity index (χ1v) is 10.9. The highest BCUT2D eigenvalue weighted by atomic mass is 35.5. The van der Waals surface area contributed by atoms with Gasteiger partial charge in [0.15, 0.2) is 0 Å². The second-order valence-corrected chi connectivity index (χ2v) is 9.22. The van der Waals surface area contributed by atoms with Crippen LogP contribution in [0.3, 0.4) is 0 Å². The van der Waals surface area contributed by atoms with Crippen molar-refractivity contribution in [1.82, 2.24) is 4.90 Å². The molecular formula is C18H27ClN2O3S. The zero-order chi connectivity index (χ0) is 18.6. The molecule has 0 saturated carbocycles. The fourth-order valence-corrected chi connectivity index (χ4v) is 4.46. The van der Waals surface area contributed by atoms with E-state index in [2.05, 4.69) is 6.92 Å². The lowest BCUT2D eigenvalue weighted by Crippen LogP contribution is -2.39. The smallest absolute Gasteiger partial charge is 0.232 e. The molecule has 25 heavy (non-hydrogen) atoms. The summed E-state index contributed by atoms with van der Waals surface area (Å²) in [5, 5.41) is 0.532. The molecule has 1 aromatic carbocycles. The number of amides is 1. The summed E-state index contributed by atoms with van der Waals surface area (Å²) in [4.78, 5) is 14.3. The zero-order valence-electron chi connectivity index (χ0n) is 15.2. The molecule has 0 radical (unpaired) electrons. The molecule has 140 valence electrons. The second-order valence-electron chi connectivity index (χ2n) is 6.91. The molecule has 0 spiro atoms. The summed E-state index contributed by atoms with van der Waals surface area (Å²) >= 11 is 6.13. The van der Waals surface area contributed by atoms with Gasteiger partial charge in [-0.25, -0.2) is 8.42 Å². The number of hydrogen-bond donors (Lipinski definition) is 0. The highest BCUT2D eigenvalue weighted by Gasteiger charge is 2.23. The van der Waals surface area contributed by atoms with Gasteiger partial charge in [-0.05, 0) is 49.8 Å². The lowest BCUT2D eigenvalue weighted by molar-refractivity contribution is -0.132. The lowest BCUT2D eigenvalue weighted by Gasteiger charge is -2.31. The van der Waals surface area contributed by atoms with E-state index in [-0.39, 0.29) is 12.5 Å². The van der Waals surface area contributed by atoms with Crippen LogP contribution in [0.1, 0.15) is 38.2 Å². The van der Waals surface area contributed by atoms with E-state index >= 15 is 0 Å². The van der Waals surface area contributed by atoms with E-state index < -0.39 is 10.0 Å². The number of sulfonamides is 1. The van der Waals surface area contributed by atoms with Gasteiger partial charge in [0.25, 0.3) is 0 Å². The van der Waals surface area contributed by atoms with Crippen LogP contribution in [0, 0.1) is 12.8 Å². The summed E-state index contributed by atoms with van der Waals surface area (Å²) in [7, 11) is -3.44. The van der Waals surface area contributed by atoms with Crippen molar-refractivity contribution in [3.8, 4) is 0 Å². The number of carbonyl (C=O) groups is 1. The standard InChI is InChI=1S/C18H27ClN2O3S/c1-14-7-5-11-20(13-14)18(22)10-6-12-21(25(3,23)24)17-9-4-8-16(19)15(17)2/h4,8-9,14H,5-7,10-13H2,1-3H3. The van der Waals surface area contributed by atoms with Gasteiger partial charge >= 0.3 is 0 Å². The summed E-state index contributed by atoms with van der Waals surface area (Å²) in [6.07, 6.45) is 4.24. The third kappa shape index (κ3) is 5.35. The number of benzene rings is 1. The number of hydrogen-bond acceptors (Lipinski definition) is 3. The van der Waals surface area contributed by atoms with Crippen molar-refractivity contribution in [2.75, 3.05) is 30.2 Å². The van der Waals surface area contributed by atoms with Gasteiger partial charge in [0.2, 0.25) is 15.9 Å². The summed E-state index contributed by atoms with van der Waals surface area (Å²) in [5.41, 5.74) is 1.31. The van der Waals surface area contributed by atoms with E-state index in [1.165, 1.54) is 17.0 Å². The Bertz CT molecular complexity index is 721. The van der Waals surface area contributed by atoms with Crippen LogP contribution in [0.25, 0.3) is 0 Å². The molecule has 7 heteroatoms. The minimum Gasteiger partial charge on any atom is -0.342 e. The molecule has 0 aromatic heterocycles. The number of piperidine rings is 1. The van der Waals surface area contributed by atoms with Gasteiger partial charge in [-0.2, -0.15) is 0 Å². The molecule has 1 aliphatic heterocycles. The van der Waals surface area contributed by atoms with Crippen molar-refractivity contribution in [3.05, 3.63) is 28.8 Å². The number of rotatable bonds is 6. The Hall–Kier alpha value is -1.27. The molecule has 1 heterocycles. The Morgan fingerprint density at radius 1 is 1.40 bits per heavy atom. The third-order valence-corrected chi connectivity index (χ3v) is 6.26. The first-order valence-electron chi connectivity index (χ1n) is 8.70. The molecule has 0 bridgehead atoms. The van der Waals surface area contributed by atoms with Crippen LogP contribution < -0.4 is 4.31 Å². The molecule has 1 aliphatic rings. The molecule has 1 unspecified atom stereocenters. The maximum absolute atomic E-state index is 12.4. The van der Waals surface area contributed by atoms with Crippen LogP contribution in [0.5, 0.6) is 0 Å². The average molecular weight is 387 g/mol. The Kier molecular flexibility index (Phi) is 6.74. The van der Waals surface area contributed by atoms with E-state index in [1.54, 1.807) is 25.1 Å². The molecule has 1 saturated heterocycles. The van der Waals surface area contributed by atoms with E-state index in [1.807, 2.05) is 4.90 Å². The quantitative estimate of drug-likeness (QED) is 0.752. The lowest BCUT2D eigenvalue weighted by atomic mass is 10.00. The zero-order valence-corrected chi connectivity index (χ0v) is 16.7. The maximum Gasteiger partial charge on any atom is 0.232 e.